The maximum absolute atomic E-state index is 12.3. The van der Waals surface area contributed by atoms with E-state index >= 15 is 0 Å². The second-order valence-corrected chi connectivity index (χ2v) is 8.62. The standard InChI is InChI=1S/C16H23O6PS/c1-4-21-15(17)16(2,23-18)14(12-22-24(3,19)20)11-10-13-8-6-5-7-9-13/h5-9,14H,4,10-12H2,1-3H3/p+1. The van der Waals surface area contributed by atoms with E-state index in [1.807, 2.05) is 30.3 Å². The van der Waals surface area contributed by atoms with E-state index in [4.69, 9.17) is 8.92 Å². The first-order chi connectivity index (χ1) is 11.2. The van der Waals surface area contributed by atoms with Crippen molar-refractivity contribution < 1.29 is 26.7 Å². The van der Waals surface area contributed by atoms with Gasteiger partial charge in [-0.3, -0.25) is 4.18 Å². The van der Waals surface area contributed by atoms with Gasteiger partial charge in [-0.05, 0) is 32.3 Å². The topological polar surface area (TPSA) is 86.7 Å². The number of esters is 1. The molecule has 3 atom stereocenters. The van der Waals surface area contributed by atoms with Crippen molar-refractivity contribution in [1.82, 2.24) is 0 Å². The predicted octanol–water partition coefficient (Wildman–Crippen LogP) is 2.56. The van der Waals surface area contributed by atoms with Crippen LogP contribution in [-0.2, 0) is 34.8 Å². The van der Waals surface area contributed by atoms with Gasteiger partial charge < -0.3 is 4.74 Å². The molecular weight excluding hydrogens is 351 g/mol. The van der Waals surface area contributed by atoms with Crippen LogP contribution in [0.25, 0.3) is 0 Å². The van der Waals surface area contributed by atoms with Gasteiger partial charge in [0, 0.05) is 5.92 Å². The van der Waals surface area contributed by atoms with E-state index in [1.54, 1.807) is 6.92 Å². The molecule has 0 amide bonds. The normalized spacial score (nSPS) is 15.6. The predicted molar refractivity (Wildman–Crippen MR) is 93.1 cm³/mol. The number of hydrogen-bond donors (Lipinski definition) is 0. The Morgan fingerprint density at radius 2 is 1.92 bits per heavy atom. The fourth-order valence-corrected chi connectivity index (χ4v) is 3.26. The maximum Gasteiger partial charge on any atom is 0.361 e. The molecule has 134 valence electrons. The van der Waals surface area contributed by atoms with Crippen molar-refractivity contribution in [2.75, 3.05) is 19.5 Å². The Morgan fingerprint density at radius 3 is 2.42 bits per heavy atom. The SMILES string of the molecule is CCOC(=O)C(C)([PH+]=O)C(CCc1ccccc1)COS(C)(=O)=O. The minimum atomic E-state index is -3.66. The van der Waals surface area contributed by atoms with Gasteiger partial charge in [0.1, 0.15) is 0 Å². The quantitative estimate of drug-likeness (QED) is 0.355. The van der Waals surface area contributed by atoms with Crippen molar-refractivity contribution in [2.24, 2.45) is 5.92 Å². The summed E-state index contributed by atoms with van der Waals surface area (Å²) in [6.45, 7) is 3.14. The molecule has 8 heteroatoms. The molecule has 0 saturated carbocycles. The number of ether oxygens (including phenoxy) is 1. The minimum Gasteiger partial charge on any atom is -0.462 e. The third kappa shape index (κ3) is 6.30. The molecule has 24 heavy (non-hydrogen) atoms. The van der Waals surface area contributed by atoms with Crippen molar-refractivity contribution in [3.8, 4) is 0 Å². The molecule has 3 unspecified atom stereocenters. The van der Waals surface area contributed by atoms with E-state index in [0.717, 1.165) is 11.8 Å². The molecule has 0 N–H and O–H groups in total. The maximum atomic E-state index is 12.3. The monoisotopic (exact) mass is 375 g/mol. The van der Waals surface area contributed by atoms with E-state index in [0.29, 0.717) is 12.8 Å². The lowest BCUT2D eigenvalue weighted by molar-refractivity contribution is -0.147. The summed E-state index contributed by atoms with van der Waals surface area (Å²) in [6.07, 6.45) is 2.00. The molecule has 0 fully saturated rings. The summed E-state index contributed by atoms with van der Waals surface area (Å²) in [6, 6.07) is 9.58. The summed E-state index contributed by atoms with van der Waals surface area (Å²) in [5.41, 5.74) is 1.04. The Labute approximate surface area is 144 Å². The average molecular weight is 375 g/mol. The highest BCUT2D eigenvalue weighted by Gasteiger charge is 2.51. The molecule has 1 rings (SSSR count). The van der Waals surface area contributed by atoms with Crippen LogP contribution in [0.5, 0.6) is 0 Å². The summed E-state index contributed by atoms with van der Waals surface area (Å²) >= 11 is 0. The number of carbonyl (C=O) groups excluding carboxylic acids is 1. The zero-order chi connectivity index (χ0) is 18.2. The van der Waals surface area contributed by atoms with Gasteiger partial charge in [0.2, 0.25) is 0 Å². The Morgan fingerprint density at radius 1 is 1.29 bits per heavy atom. The van der Waals surface area contributed by atoms with Crippen LogP contribution in [0.1, 0.15) is 25.8 Å². The third-order valence-corrected chi connectivity index (χ3v) is 5.44. The van der Waals surface area contributed by atoms with Crippen LogP contribution in [0.3, 0.4) is 0 Å². The van der Waals surface area contributed by atoms with E-state index in [9.17, 15) is 17.8 Å². The van der Waals surface area contributed by atoms with Crippen molar-refractivity contribution in [3.05, 3.63) is 35.9 Å². The van der Waals surface area contributed by atoms with Gasteiger partial charge in [0.15, 0.2) is 0 Å². The molecule has 0 saturated heterocycles. The average Bonchev–Trinajstić information content (AvgIpc) is 2.54. The molecule has 6 nitrogen and oxygen atoms in total. The molecule has 0 spiro atoms. The lowest BCUT2D eigenvalue weighted by Crippen LogP contribution is -2.42. The van der Waals surface area contributed by atoms with E-state index in [-0.39, 0.29) is 13.2 Å². The highest BCUT2D eigenvalue weighted by Crippen LogP contribution is 2.36. The van der Waals surface area contributed by atoms with Gasteiger partial charge in [0.25, 0.3) is 15.3 Å². The lowest BCUT2D eigenvalue weighted by Gasteiger charge is -2.24. The number of carbonyl (C=O) groups is 1. The van der Waals surface area contributed by atoms with E-state index < -0.39 is 35.6 Å². The largest absolute Gasteiger partial charge is 0.462 e. The van der Waals surface area contributed by atoms with Crippen molar-refractivity contribution in [1.29, 1.82) is 0 Å². The summed E-state index contributed by atoms with van der Waals surface area (Å²) in [5, 5.41) is -1.31. The second kappa shape index (κ2) is 9.25. The highest BCUT2D eigenvalue weighted by atomic mass is 32.2. The summed E-state index contributed by atoms with van der Waals surface area (Å²) in [4.78, 5) is 12.3. The molecule has 1 aromatic rings. The minimum absolute atomic E-state index is 0.164. The van der Waals surface area contributed by atoms with E-state index in [2.05, 4.69) is 0 Å². The van der Waals surface area contributed by atoms with Crippen molar-refractivity contribution in [2.45, 2.75) is 31.8 Å². The Balaban J connectivity index is 2.97. The molecule has 1 aromatic carbocycles. The van der Waals surface area contributed by atoms with Crippen LogP contribution in [-0.4, -0.2) is 39.0 Å². The molecular formula is C16H24O6PS+. The van der Waals surface area contributed by atoms with Gasteiger partial charge in [0.05, 0.1) is 19.5 Å². The summed E-state index contributed by atoms with van der Waals surface area (Å²) in [7, 11) is -4.63. The fraction of sp³-hybridized carbons (Fsp3) is 0.562. The van der Waals surface area contributed by atoms with Crippen molar-refractivity contribution in [3.63, 3.8) is 0 Å². The van der Waals surface area contributed by atoms with Crippen LogP contribution in [0, 0.1) is 5.92 Å². The van der Waals surface area contributed by atoms with Gasteiger partial charge >= 0.3 is 14.4 Å². The summed E-state index contributed by atoms with van der Waals surface area (Å²) < 4.78 is 44.3. The van der Waals surface area contributed by atoms with Gasteiger partial charge in [-0.1, -0.05) is 34.9 Å². The van der Waals surface area contributed by atoms with Crippen LogP contribution in [0.4, 0.5) is 0 Å². The number of aryl methyl sites for hydroxylation is 1. The molecule has 0 radical (unpaired) electrons. The molecule has 0 aliphatic carbocycles. The fourth-order valence-electron chi connectivity index (χ4n) is 2.30. The number of hydrogen-bond acceptors (Lipinski definition) is 6. The van der Waals surface area contributed by atoms with Gasteiger partial charge in [-0.2, -0.15) is 8.42 Å². The Bertz CT molecular complexity index is 646. The first-order valence-corrected chi connectivity index (χ1v) is 10.4. The summed E-state index contributed by atoms with van der Waals surface area (Å²) in [5.74, 6) is -1.16. The van der Waals surface area contributed by atoms with Crippen LogP contribution < -0.4 is 0 Å². The molecule has 0 bridgehead atoms. The number of benzene rings is 1. The van der Waals surface area contributed by atoms with Gasteiger partial charge in [-0.15, -0.1) is 0 Å². The van der Waals surface area contributed by atoms with Crippen LogP contribution >= 0.6 is 8.46 Å². The Hall–Kier alpha value is -1.30. The molecule has 0 aliphatic heterocycles. The van der Waals surface area contributed by atoms with E-state index in [1.165, 1.54) is 6.92 Å². The smallest absolute Gasteiger partial charge is 0.361 e. The second-order valence-electron chi connectivity index (χ2n) is 5.73. The molecule has 0 heterocycles. The Kier molecular flexibility index (Phi) is 8.00. The first kappa shape index (κ1) is 20.7. The zero-order valence-electron chi connectivity index (χ0n) is 14.2. The number of rotatable bonds is 10. The van der Waals surface area contributed by atoms with Crippen LogP contribution in [0.2, 0.25) is 0 Å². The third-order valence-electron chi connectivity index (χ3n) is 3.84. The van der Waals surface area contributed by atoms with Crippen molar-refractivity contribution >= 4 is 24.5 Å². The lowest BCUT2D eigenvalue weighted by atomic mass is 9.88. The first-order valence-electron chi connectivity index (χ1n) is 7.67. The van der Waals surface area contributed by atoms with Gasteiger partial charge in [-0.25, -0.2) is 4.79 Å². The molecule has 0 aromatic heterocycles. The highest BCUT2D eigenvalue weighted by molar-refractivity contribution is 7.85. The zero-order valence-corrected chi connectivity index (χ0v) is 16.0. The van der Waals surface area contributed by atoms with Crippen LogP contribution in [0.15, 0.2) is 30.3 Å². The molecule has 0 aliphatic rings.